The van der Waals surface area contributed by atoms with Gasteiger partial charge in [-0.3, -0.25) is 10.2 Å². The van der Waals surface area contributed by atoms with Crippen molar-refractivity contribution >= 4 is 21.8 Å². The smallest absolute Gasteiger partial charge is 0.251 e. The van der Waals surface area contributed by atoms with Crippen molar-refractivity contribution in [3.05, 3.63) is 35.9 Å². The Bertz CT molecular complexity index is 305. The van der Waals surface area contributed by atoms with Gasteiger partial charge >= 0.3 is 0 Å². The normalized spacial score (nSPS) is 12.1. The number of hydrogen-bond donors (Lipinski definition) is 3. The summed E-state index contributed by atoms with van der Waals surface area (Å²) in [6.07, 6.45) is 0. The summed E-state index contributed by atoms with van der Waals surface area (Å²) in [5, 5.41) is 3.63. The maximum Gasteiger partial charge on any atom is 0.251 e. The Balaban J connectivity index is 2.44. The van der Waals surface area contributed by atoms with Gasteiger partial charge in [0.05, 0.1) is 6.04 Å². The van der Waals surface area contributed by atoms with E-state index in [2.05, 4.69) is 26.7 Å². The highest BCUT2D eigenvalue weighted by atomic mass is 79.9. The minimum absolute atomic E-state index is 0.220. The second-order valence-electron chi connectivity index (χ2n) is 3.08. The second-order valence-corrected chi connectivity index (χ2v) is 3.73. The monoisotopic (exact) mass is 271 g/mol. The van der Waals surface area contributed by atoms with Gasteiger partial charge in [-0.25, -0.2) is 5.84 Å². The first-order valence-electron chi connectivity index (χ1n) is 4.61. The number of nitrogens with two attached hydrogens (primary N) is 1. The molecule has 15 heavy (non-hydrogen) atoms. The third-order valence-electron chi connectivity index (χ3n) is 2.01. The van der Waals surface area contributed by atoms with Gasteiger partial charge in [0.2, 0.25) is 0 Å². The molecular weight excluding hydrogens is 258 g/mol. The molecule has 0 spiro atoms. The number of hydrazine groups is 1. The Hall–Kier alpha value is -0.910. The quantitative estimate of drug-likeness (QED) is 0.317. The van der Waals surface area contributed by atoms with Crippen molar-refractivity contribution in [1.82, 2.24) is 10.7 Å². The van der Waals surface area contributed by atoms with Crippen LogP contribution < -0.4 is 16.6 Å². The summed E-state index contributed by atoms with van der Waals surface area (Å²) < 4.78 is 0. The first-order chi connectivity index (χ1) is 7.27. The molecular formula is C10H14BrN3O. The largest absolute Gasteiger partial charge is 0.301 e. The van der Waals surface area contributed by atoms with Crippen LogP contribution in [0.15, 0.2) is 30.3 Å². The number of rotatable bonds is 5. The van der Waals surface area contributed by atoms with Crippen LogP contribution in [0.25, 0.3) is 0 Å². The number of hydrogen-bond acceptors (Lipinski definition) is 3. The van der Waals surface area contributed by atoms with Crippen molar-refractivity contribution in [3.8, 4) is 0 Å². The van der Waals surface area contributed by atoms with Crippen LogP contribution in [0.3, 0.4) is 0 Å². The third-order valence-corrected chi connectivity index (χ3v) is 2.66. The van der Waals surface area contributed by atoms with Gasteiger partial charge < -0.3 is 5.32 Å². The van der Waals surface area contributed by atoms with E-state index in [1.165, 1.54) is 0 Å². The van der Waals surface area contributed by atoms with Crippen LogP contribution in [0.2, 0.25) is 0 Å². The highest BCUT2D eigenvalue weighted by molar-refractivity contribution is 9.09. The number of nitrogens with one attached hydrogen (secondary N) is 2. The molecule has 0 saturated heterocycles. The Kier molecular flexibility index (Phi) is 5.31. The van der Waals surface area contributed by atoms with Gasteiger partial charge in [-0.05, 0) is 5.56 Å². The molecule has 0 aliphatic heterocycles. The minimum Gasteiger partial charge on any atom is -0.301 e. The number of benzene rings is 1. The van der Waals surface area contributed by atoms with E-state index in [9.17, 15) is 4.79 Å². The molecule has 1 amide bonds. The van der Waals surface area contributed by atoms with Crippen molar-refractivity contribution in [3.63, 3.8) is 0 Å². The zero-order chi connectivity index (χ0) is 11.1. The number of alkyl halides is 1. The van der Waals surface area contributed by atoms with Crippen LogP contribution in [-0.2, 0) is 11.3 Å². The Labute approximate surface area is 97.3 Å². The van der Waals surface area contributed by atoms with Gasteiger partial charge in [-0.2, -0.15) is 0 Å². The molecule has 5 heteroatoms. The molecule has 82 valence electrons. The molecule has 0 fully saturated rings. The summed E-state index contributed by atoms with van der Waals surface area (Å²) in [6, 6.07) is 9.57. The number of carbonyl (C=O) groups excluding carboxylic acids is 1. The number of halogens is 1. The number of amides is 1. The van der Waals surface area contributed by atoms with E-state index in [0.717, 1.165) is 5.56 Å². The van der Waals surface area contributed by atoms with E-state index < -0.39 is 0 Å². The first kappa shape index (κ1) is 12.2. The van der Waals surface area contributed by atoms with Gasteiger partial charge in [-0.1, -0.05) is 46.3 Å². The molecule has 0 bridgehead atoms. The highest BCUT2D eigenvalue weighted by Crippen LogP contribution is 1.99. The average molecular weight is 272 g/mol. The van der Waals surface area contributed by atoms with Gasteiger partial charge in [0, 0.05) is 11.9 Å². The van der Waals surface area contributed by atoms with Crippen LogP contribution in [0.5, 0.6) is 0 Å². The van der Waals surface area contributed by atoms with Crippen LogP contribution in [-0.4, -0.2) is 17.3 Å². The van der Waals surface area contributed by atoms with E-state index in [0.29, 0.717) is 11.9 Å². The molecule has 0 aliphatic carbocycles. The molecule has 1 unspecified atom stereocenters. The zero-order valence-corrected chi connectivity index (χ0v) is 9.83. The molecule has 0 heterocycles. The van der Waals surface area contributed by atoms with Gasteiger partial charge in [-0.15, -0.1) is 0 Å². The standard InChI is InChI=1S/C10H14BrN3O/c11-6-9(10(15)14-12)13-7-8-4-2-1-3-5-8/h1-5,9,13H,6-7,12H2,(H,14,15). The van der Waals surface area contributed by atoms with Gasteiger partial charge in [0.15, 0.2) is 0 Å². The molecule has 1 rings (SSSR count). The number of carbonyl (C=O) groups is 1. The maximum absolute atomic E-state index is 11.2. The van der Waals surface area contributed by atoms with E-state index in [1.54, 1.807) is 0 Å². The van der Waals surface area contributed by atoms with Crippen molar-refractivity contribution in [2.45, 2.75) is 12.6 Å². The minimum atomic E-state index is -0.310. The average Bonchev–Trinajstić information content (AvgIpc) is 2.31. The zero-order valence-electron chi connectivity index (χ0n) is 8.24. The molecule has 0 aliphatic rings. The molecule has 0 aromatic heterocycles. The summed E-state index contributed by atoms with van der Waals surface area (Å²) in [5.74, 6) is 4.84. The van der Waals surface area contributed by atoms with Crippen LogP contribution in [0.1, 0.15) is 5.56 Å². The summed E-state index contributed by atoms with van der Waals surface area (Å²) >= 11 is 3.25. The Morgan fingerprint density at radius 2 is 2.07 bits per heavy atom. The van der Waals surface area contributed by atoms with Crippen LogP contribution >= 0.6 is 15.9 Å². The lowest BCUT2D eigenvalue weighted by atomic mass is 10.2. The molecule has 1 atom stereocenters. The highest BCUT2D eigenvalue weighted by Gasteiger charge is 2.14. The third kappa shape index (κ3) is 3.99. The summed E-state index contributed by atoms with van der Waals surface area (Å²) in [7, 11) is 0. The van der Waals surface area contributed by atoms with Crippen LogP contribution in [0.4, 0.5) is 0 Å². The fourth-order valence-electron chi connectivity index (χ4n) is 1.15. The van der Waals surface area contributed by atoms with E-state index in [1.807, 2.05) is 30.3 Å². The van der Waals surface area contributed by atoms with Crippen molar-refractivity contribution in [2.24, 2.45) is 5.84 Å². The molecule has 4 N–H and O–H groups in total. The lowest BCUT2D eigenvalue weighted by Gasteiger charge is -2.14. The molecule has 1 aromatic carbocycles. The molecule has 0 radical (unpaired) electrons. The first-order valence-corrected chi connectivity index (χ1v) is 5.73. The fraction of sp³-hybridized carbons (Fsp3) is 0.300. The topological polar surface area (TPSA) is 67.1 Å². The summed E-state index contributed by atoms with van der Waals surface area (Å²) in [6.45, 7) is 0.643. The maximum atomic E-state index is 11.2. The predicted molar refractivity (Wildman–Crippen MR) is 63.2 cm³/mol. The van der Waals surface area contributed by atoms with Crippen LogP contribution in [0, 0.1) is 0 Å². The van der Waals surface area contributed by atoms with E-state index in [-0.39, 0.29) is 11.9 Å². The lowest BCUT2D eigenvalue weighted by Crippen LogP contribution is -2.47. The van der Waals surface area contributed by atoms with Crippen molar-refractivity contribution < 1.29 is 4.79 Å². The molecule has 4 nitrogen and oxygen atoms in total. The Morgan fingerprint density at radius 1 is 1.40 bits per heavy atom. The van der Waals surface area contributed by atoms with Gasteiger partial charge in [0.25, 0.3) is 5.91 Å². The Morgan fingerprint density at radius 3 is 2.60 bits per heavy atom. The second kappa shape index (κ2) is 6.55. The van der Waals surface area contributed by atoms with E-state index >= 15 is 0 Å². The lowest BCUT2D eigenvalue weighted by molar-refractivity contribution is -0.122. The van der Waals surface area contributed by atoms with E-state index in [4.69, 9.17) is 5.84 Å². The predicted octanol–water partition coefficient (Wildman–Crippen LogP) is 0.530. The molecule has 1 aromatic rings. The van der Waals surface area contributed by atoms with Crippen molar-refractivity contribution in [2.75, 3.05) is 5.33 Å². The fourth-order valence-corrected chi connectivity index (χ4v) is 1.68. The van der Waals surface area contributed by atoms with Crippen molar-refractivity contribution in [1.29, 1.82) is 0 Å². The molecule has 0 saturated carbocycles. The SMILES string of the molecule is NNC(=O)C(CBr)NCc1ccccc1. The summed E-state index contributed by atoms with van der Waals surface area (Å²) in [4.78, 5) is 11.2. The summed E-state index contributed by atoms with van der Waals surface area (Å²) in [5.41, 5.74) is 3.25. The van der Waals surface area contributed by atoms with Gasteiger partial charge in [0.1, 0.15) is 0 Å².